The van der Waals surface area contributed by atoms with Crippen LogP contribution >= 0.6 is 0 Å². The summed E-state index contributed by atoms with van der Waals surface area (Å²) in [5.41, 5.74) is 0.922. The van der Waals surface area contributed by atoms with Crippen LogP contribution in [0.5, 0.6) is 11.5 Å². The molecule has 3 amide bonds. The van der Waals surface area contributed by atoms with Gasteiger partial charge in [-0.1, -0.05) is 12.1 Å². The van der Waals surface area contributed by atoms with Crippen LogP contribution in [0.1, 0.15) is 27.6 Å². The van der Waals surface area contributed by atoms with Crippen molar-refractivity contribution in [2.45, 2.75) is 13.0 Å². The molecular weight excluding hydrogens is 392 g/mol. The molecule has 0 aromatic heterocycles. The number of nitrogens with one attached hydrogen (secondary N) is 1. The van der Waals surface area contributed by atoms with Crippen molar-refractivity contribution in [3.05, 3.63) is 53.6 Å². The van der Waals surface area contributed by atoms with Crippen molar-refractivity contribution in [1.82, 2.24) is 4.90 Å². The van der Waals surface area contributed by atoms with E-state index in [2.05, 4.69) is 5.32 Å². The van der Waals surface area contributed by atoms with Crippen molar-refractivity contribution in [3.63, 3.8) is 0 Å². The van der Waals surface area contributed by atoms with Gasteiger partial charge in [-0.25, -0.2) is 4.79 Å². The van der Waals surface area contributed by atoms with Gasteiger partial charge in [0.2, 0.25) is 0 Å². The topological polar surface area (TPSA) is 111 Å². The normalized spacial score (nSPS) is 15.4. The zero-order chi connectivity index (χ0) is 21.3. The number of ether oxygens (including phenoxy) is 3. The summed E-state index contributed by atoms with van der Waals surface area (Å²) in [6, 6.07) is 10.1. The minimum Gasteiger partial charge on any atom is -0.486 e. The van der Waals surface area contributed by atoms with Crippen LogP contribution in [0.3, 0.4) is 0 Å². The van der Waals surface area contributed by atoms with E-state index in [1.165, 1.54) is 19.1 Å². The van der Waals surface area contributed by atoms with Gasteiger partial charge in [0.25, 0.3) is 17.7 Å². The number of hydrogen-bond acceptors (Lipinski definition) is 7. The first-order valence-corrected chi connectivity index (χ1v) is 9.29. The fraction of sp³-hybridized carbons (Fsp3) is 0.238. The summed E-state index contributed by atoms with van der Waals surface area (Å²) in [5.74, 6) is -1.48. The second-order valence-electron chi connectivity index (χ2n) is 6.72. The SMILES string of the molecule is C[C@@H](C(=O)OCC(=O)Nc1ccc2c(c1)OCCO2)N1C(=O)c2ccccc2C1=O. The van der Waals surface area contributed by atoms with Crippen LogP contribution in [-0.2, 0) is 14.3 Å². The number of nitrogens with zero attached hydrogens (tertiary/aromatic N) is 1. The van der Waals surface area contributed by atoms with Crippen molar-refractivity contribution in [3.8, 4) is 11.5 Å². The molecule has 2 aromatic carbocycles. The summed E-state index contributed by atoms with van der Waals surface area (Å²) >= 11 is 0. The predicted octanol–water partition coefficient (Wildman–Crippen LogP) is 1.62. The van der Waals surface area contributed by atoms with Crippen molar-refractivity contribution in [2.75, 3.05) is 25.1 Å². The molecule has 2 aliphatic rings. The van der Waals surface area contributed by atoms with Crippen LogP contribution in [-0.4, -0.2) is 54.5 Å². The molecule has 2 aromatic rings. The molecule has 0 saturated heterocycles. The zero-order valence-corrected chi connectivity index (χ0v) is 16.0. The van der Waals surface area contributed by atoms with Gasteiger partial charge in [-0.15, -0.1) is 0 Å². The lowest BCUT2D eigenvalue weighted by Crippen LogP contribution is -2.44. The molecule has 9 heteroatoms. The van der Waals surface area contributed by atoms with Crippen molar-refractivity contribution < 1.29 is 33.4 Å². The lowest BCUT2D eigenvalue weighted by atomic mass is 10.1. The van der Waals surface area contributed by atoms with Crippen molar-refractivity contribution in [2.24, 2.45) is 0 Å². The van der Waals surface area contributed by atoms with E-state index in [1.54, 1.807) is 30.3 Å². The average Bonchev–Trinajstić information content (AvgIpc) is 3.02. The van der Waals surface area contributed by atoms with E-state index in [0.717, 1.165) is 4.90 Å². The lowest BCUT2D eigenvalue weighted by Gasteiger charge is -2.21. The van der Waals surface area contributed by atoms with E-state index in [-0.39, 0.29) is 11.1 Å². The summed E-state index contributed by atoms with van der Waals surface area (Å²) in [5, 5.41) is 2.59. The largest absolute Gasteiger partial charge is 0.486 e. The Hall–Kier alpha value is -3.88. The van der Waals surface area contributed by atoms with Crippen LogP contribution in [0.2, 0.25) is 0 Å². The van der Waals surface area contributed by atoms with E-state index < -0.39 is 36.3 Å². The third-order valence-electron chi connectivity index (χ3n) is 4.73. The molecule has 9 nitrogen and oxygen atoms in total. The van der Waals surface area contributed by atoms with Crippen LogP contribution < -0.4 is 14.8 Å². The maximum absolute atomic E-state index is 12.4. The maximum atomic E-state index is 12.4. The Morgan fingerprint density at radius 1 is 1.03 bits per heavy atom. The van der Waals surface area contributed by atoms with Crippen LogP contribution in [0.25, 0.3) is 0 Å². The van der Waals surface area contributed by atoms with Gasteiger partial charge in [-0.2, -0.15) is 0 Å². The van der Waals surface area contributed by atoms with Crippen LogP contribution in [0.4, 0.5) is 5.69 Å². The van der Waals surface area contributed by atoms with E-state index in [1.807, 2.05) is 0 Å². The van der Waals surface area contributed by atoms with E-state index >= 15 is 0 Å². The maximum Gasteiger partial charge on any atom is 0.329 e. The number of anilines is 1. The number of carbonyl (C=O) groups excluding carboxylic acids is 4. The van der Waals surface area contributed by atoms with Gasteiger partial charge in [0, 0.05) is 11.8 Å². The number of hydrogen-bond donors (Lipinski definition) is 1. The molecule has 0 saturated carbocycles. The van der Waals surface area contributed by atoms with Crippen molar-refractivity contribution >= 4 is 29.4 Å². The first-order chi connectivity index (χ1) is 14.5. The Balaban J connectivity index is 1.34. The Kier molecular flexibility index (Phi) is 5.09. The number of carbonyl (C=O) groups is 4. The van der Waals surface area contributed by atoms with Gasteiger partial charge in [0.1, 0.15) is 19.3 Å². The Morgan fingerprint density at radius 2 is 1.67 bits per heavy atom. The van der Waals surface area contributed by atoms with Gasteiger partial charge in [0.15, 0.2) is 18.1 Å². The Labute approximate surface area is 171 Å². The zero-order valence-electron chi connectivity index (χ0n) is 16.0. The minimum absolute atomic E-state index is 0.235. The predicted molar refractivity (Wildman–Crippen MR) is 103 cm³/mol. The molecule has 0 unspecified atom stereocenters. The van der Waals surface area contributed by atoms with Gasteiger partial charge in [-0.3, -0.25) is 19.3 Å². The quantitative estimate of drug-likeness (QED) is 0.589. The highest BCUT2D eigenvalue weighted by atomic mass is 16.6. The molecule has 1 N–H and O–H groups in total. The van der Waals surface area contributed by atoms with Gasteiger partial charge in [0.05, 0.1) is 11.1 Å². The molecule has 30 heavy (non-hydrogen) atoms. The summed E-state index contributed by atoms with van der Waals surface area (Å²) in [6.07, 6.45) is 0. The lowest BCUT2D eigenvalue weighted by molar-refractivity contribution is -0.150. The number of imide groups is 1. The van der Waals surface area contributed by atoms with E-state index in [4.69, 9.17) is 14.2 Å². The highest BCUT2D eigenvalue weighted by Crippen LogP contribution is 2.32. The molecule has 4 rings (SSSR count). The first-order valence-electron chi connectivity index (χ1n) is 9.29. The molecule has 1 atom stereocenters. The summed E-state index contributed by atoms with van der Waals surface area (Å²) in [6.45, 7) is 1.68. The molecule has 0 bridgehead atoms. The second kappa shape index (κ2) is 7.86. The highest BCUT2D eigenvalue weighted by Gasteiger charge is 2.41. The summed E-state index contributed by atoms with van der Waals surface area (Å²) < 4.78 is 15.9. The van der Waals surface area contributed by atoms with Crippen LogP contribution in [0, 0.1) is 0 Å². The smallest absolute Gasteiger partial charge is 0.329 e. The molecule has 2 heterocycles. The average molecular weight is 410 g/mol. The van der Waals surface area contributed by atoms with E-state index in [9.17, 15) is 19.2 Å². The van der Waals surface area contributed by atoms with Crippen molar-refractivity contribution in [1.29, 1.82) is 0 Å². The monoisotopic (exact) mass is 410 g/mol. The third kappa shape index (κ3) is 3.57. The number of fused-ring (bicyclic) bond motifs is 2. The third-order valence-corrected chi connectivity index (χ3v) is 4.73. The highest BCUT2D eigenvalue weighted by molar-refractivity contribution is 6.22. The summed E-state index contributed by atoms with van der Waals surface area (Å²) in [7, 11) is 0. The van der Waals surface area contributed by atoms with Crippen LogP contribution in [0.15, 0.2) is 42.5 Å². The Morgan fingerprint density at radius 3 is 2.33 bits per heavy atom. The molecule has 0 radical (unpaired) electrons. The fourth-order valence-electron chi connectivity index (χ4n) is 3.24. The number of esters is 1. The summed E-state index contributed by atoms with van der Waals surface area (Å²) in [4.78, 5) is 50.2. The first kappa shape index (κ1) is 19.4. The number of rotatable bonds is 5. The molecule has 0 aliphatic carbocycles. The molecule has 2 aliphatic heterocycles. The Bertz CT molecular complexity index is 1010. The van der Waals surface area contributed by atoms with E-state index in [0.29, 0.717) is 30.4 Å². The molecule has 0 spiro atoms. The molecule has 154 valence electrons. The molecule has 0 fully saturated rings. The number of benzene rings is 2. The second-order valence-corrected chi connectivity index (χ2v) is 6.72. The fourth-order valence-corrected chi connectivity index (χ4v) is 3.24. The minimum atomic E-state index is -1.17. The number of amides is 3. The standard InChI is InChI=1S/C21H18N2O7/c1-12(23-19(25)14-4-2-3-5-15(14)20(23)26)21(27)30-11-18(24)22-13-6-7-16-17(10-13)29-9-8-28-16/h2-7,10,12H,8-9,11H2,1H3,(H,22,24)/t12-/m0/s1. The molecular formula is C21H18N2O7. The van der Waals surface area contributed by atoms with Gasteiger partial charge >= 0.3 is 5.97 Å². The van der Waals surface area contributed by atoms with Gasteiger partial charge < -0.3 is 19.5 Å². The van der Waals surface area contributed by atoms with Gasteiger partial charge in [-0.05, 0) is 31.2 Å².